The van der Waals surface area contributed by atoms with Crippen molar-refractivity contribution in [1.82, 2.24) is 0 Å². The molecule has 0 heterocycles. The van der Waals surface area contributed by atoms with Gasteiger partial charge in [-0.25, -0.2) is 0 Å². The van der Waals surface area contributed by atoms with Gasteiger partial charge < -0.3 is 5.11 Å². The highest BCUT2D eigenvalue weighted by atomic mass is 79.9. The number of ketones is 1. The number of Topliss-reactive ketones (excluding diaryl/α,β-unsaturated/α-hetero) is 1. The van der Waals surface area contributed by atoms with Gasteiger partial charge in [0, 0.05) is 10.0 Å². The quantitative estimate of drug-likeness (QED) is 0.789. The molecule has 0 aliphatic carbocycles. The van der Waals surface area contributed by atoms with Gasteiger partial charge in [-0.05, 0) is 24.6 Å². The van der Waals surface area contributed by atoms with E-state index in [1.54, 1.807) is 18.2 Å². The van der Waals surface area contributed by atoms with Crippen LogP contribution < -0.4 is 0 Å². The van der Waals surface area contributed by atoms with Crippen LogP contribution in [0.15, 0.2) is 22.7 Å². The molecule has 0 bridgehead atoms. The minimum Gasteiger partial charge on any atom is -0.392 e. The van der Waals surface area contributed by atoms with Crippen molar-refractivity contribution in [3.8, 4) is 0 Å². The van der Waals surface area contributed by atoms with Crippen LogP contribution >= 0.6 is 15.9 Å². The lowest BCUT2D eigenvalue weighted by atomic mass is 10.1. The van der Waals surface area contributed by atoms with Crippen molar-refractivity contribution in [1.29, 1.82) is 0 Å². The van der Waals surface area contributed by atoms with Gasteiger partial charge in [0.25, 0.3) is 0 Å². The highest BCUT2D eigenvalue weighted by Gasteiger charge is 2.04. The molecule has 0 unspecified atom stereocenters. The third-order valence-electron chi connectivity index (χ3n) is 1.60. The number of hydrogen-bond acceptors (Lipinski definition) is 2. The summed E-state index contributed by atoms with van der Waals surface area (Å²) in [5.41, 5.74) is 1.44. The van der Waals surface area contributed by atoms with Gasteiger partial charge in [0.1, 0.15) is 0 Å². The first-order chi connectivity index (χ1) is 5.65. The third kappa shape index (κ3) is 1.93. The van der Waals surface area contributed by atoms with E-state index in [1.807, 2.05) is 0 Å². The molecule has 0 saturated heterocycles. The number of rotatable bonds is 2. The van der Waals surface area contributed by atoms with E-state index >= 15 is 0 Å². The second-order valence-electron chi connectivity index (χ2n) is 2.53. The lowest BCUT2D eigenvalue weighted by molar-refractivity contribution is 0.101. The fourth-order valence-corrected chi connectivity index (χ4v) is 1.65. The molecule has 1 N–H and O–H groups in total. The maximum atomic E-state index is 11.0. The Balaban J connectivity index is 3.12. The van der Waals surface area contributed by atoms with Crippen molar-refractivity contribution in [3.63, 3.8) is 0 Å². The topological polar surface area (TPSA) is 37.3 Å². The number of aliphatic hydroxyl groups excluding tert-OH is 1. The highest BCUT2D eigenvalue weighted by molar-refractivity contribution is 9.10. The summed E-state index contributed by atoms with van der Waals surface area (Å²) >= 11 is 3.26. The number of aliphatic hydroxyl groups is 1. The van der Waals surface area contributed by atoms with Gasteiger partial charge in [-0.2, -0.15) is 0 Å². The first-order valence-corrected chi connectivity index (χ1v) is 4.34. The minimum absolute atomic E-state index is 0.00319. The highest BCUT2D eigenvalue weighted by Crippen LogP contribution is 2.18. The summed E-state index contributed by atoms with van der Waals surface area (Å²) < 4.78 is 0.738. The van der Waals surface area contributed by atoms with Crippen LogP contribution in [0, 0.1) is 0 Å². The van der Waals surface area contributed by atoms with Crippen molar-refractivity contribution in [2.75, 3.05) is 0 Å². The third-order valence-corrected chi connectivity index (χ3v) is 2.25. The Bertz CT molecular complexity index is 307. The van der Waals surface area contributed by atoms with Crippen molar-refractivity contribution >= 4 is 21.7 Å². The van der Waals surface area contributed by atoms with Crippen molar-refractivity contribution in [2.24, 2.45) is 0 Å². The fourth-order valence-electron chi connectivity index (χ4n) is 0.942. The second kappa shape index (κ2) is 3.83. The molecular weight excluding hydrogens is 220 g/mol. The van der Waals surface area contributed by atoms with E-state index in [0.717, 1.165) is 10.0 Å². The summed E-state index contributed by atoms with van der Waals surface area (Å²) in [4.78, 5) is 11.0. The fraction of sp³-hybridized carbons (Fsp3) is 0.222. The van der Waals surface area contributed by atoms with Gasteiger partial charge >= 0.3 is 0 Å². The molecular formula is C9H9BrO2. The van der Waals surface area contributed by atoms with Crippen LogP contribution in [0.1, 0.15) is 22.8 Å². The van der Waals surface area contributed by atoms with Gasteiger partial charge in [-0.3, -0.25) is 4.79 Å². The molecule has 64 valence electrons. The molecule has 12 heavy (non-hydrogen) atoms. The molecule has 0 aromatic heterocycles. The Hall–Kier alpha value is -0.670. The van der Waals surface area contributed by atoms with Crippen LogP contribution in [-0.4, -0.2) is 10.9 Å². The first kappa shape index (κ1) is 9.42. The second-order valence-corrected chi connectivity index (χ2v) is 3.38. The van der Waals surface area contributed by atoms with E-state index in [4.69, 9.17) is 5.11 Å². The average molecular weight is 229 g/mol. The summed E-state index contributed by atoms with van der Waals surface area (Å²) in [6.07, 6.45) is 0. The lowest BCUT2D eigenvalue weighted by Gasteiger charge is -2.01. The van der Waals surface area contributed by atoms with Crippen LogP contribution in [0.3, 0.4) is 0 Å². The zero-order chi connectivity index (χ0) is 9.14. The summed E-state index contributed by atoms with van der Waals surface area (Å²) in [7, 11) is 0. The zero-order valence-corrected chi connectivity index (χ0v) is 8.26. The largest absolute Gasteiger partial charge is 0.392 e. The van der Waals surface area contributed by atoms with Crippen molar-refractivity contribution in [2.45, 2.75) is 13.5 Å². The molecule has 0 aliphatic heterocycles. The van der Waals surface area contributed by atoms with E-state index < -0.39 is 0 Å². The van der Waals surface area contributed by atoms with Crippen LogP contribution in [0.25, 0.3) is 0 Å². The maximum Gasteiger partial charge on any atom is 0.160 e. The number of carbonyl (C=O) groups is 1. The number of carbonyl (C=O) groups excluding carboxylic acids is 1. The summed E-state index contributed by atoms with van der Waals surface area (Å²) in [5.74, 6) is 0.0198. The molecule has 1 aromatic rings. The smallest absolute Gasteiger partial charge is 0.160 e. The van der Waals surface area contributed by atoms with Gasteiger partial charge in [-0.1, -0.05) is 22.0 Å². The Morgan fingerprint density at radius 2 is 2.25 bits per heavy atom. The van der Waals surface area contributed by atoms with E-state index in [0.29, 0.717) is 5.56 Å². The average Bonchev–Trinajstić information content (AvgIpc) is 2.03. The molecule has 2 nitrogen and oxygen atoms in total. The Morgan fingerprint density at radius 1 is 1.58 bits per heavy atom. The molecule has 0 amide bonds. The first-order valence-electron chi connectivity index (χ1n) is 3.55. The SMILES string of the molecule is CC(=O)c1ccc(CO)cc1Br. The molecule has 0 fully saturated rings. The van der Waals surface area contributed by atoms with Crippen LogP contribution in [0.4, 0.5) is 0 Å². The van der Waals surface area contributed by atoms with Crippen molar-refractivity contribution in [3.05, 3.63) is 33.8 Å². The molecule has 1 rings (SSSR count). The molecule has 1 aromatic carbocycles. The van der Waals surface area contributed by atoms with Gasteiger partial charge in [0.2, 0.25) is 0 Å². The molecule has 0 atom stereocenters. The van der Waals surface area contributed by atoms with E-state index in [9.17, 15) is 4.79 Å². The number of benzene rings is 1. The molecule has 3 heteroatoms. The summed E-state index contributed by atoms with van der Waals surface area (Å²) in [5, 5.41) is 8.79. The van der Waals surface area contributed by atoms with Crippen LogP contribution in [-0.2, 0) is 6.61 Å². The van der Waals surface area contributed by atoms with E-state index in [-0.39, 0.29) is 12.4 Å². The zero-order valence-electron chi connectivity index (χ0n) is 6.67. The monoisotopic (exact) mass is 228 g/mol. The molecule has 0 spiro atoms. The minimum atomic E-state index is -0.00319. The van der Waals surface area contributed by atoms with Gasteiger partial charge in [0.15, 0.2) is 5.78 Å². The molecule has 0 saturated carbocycles. The van der Waals surface area contributed by atoms with Gasteiger partial charge in [0.05, 0.1) is 6.61 Å². The standard InChI is InChI=1S/C9H9BrO2/c1-6(12)8-3-2-7(5-11)4-9(8)10/h2-4,11H,5H2,1H3. The van der Waals surface area contributed by atoms with Crippen molar-refractivity contribution < 1.29 is 9.90 Å². The molecule has 0 aliphatic rings. The summed E-state index contributed by atoms with van der Waals surface area (Å²) in [6, 6.07) is 5.19. The number of hydrogen-bond donors (Lipinski definition) is 1. The normalized spacial score (nSPS) is 9.92. The van der Waals surface area contributed by atoms with E-state index in [1.165, 1.54) is 6.92 Å². The van der Waals surface area contributed by atoms with E-state index in [2.05, 4.69) is 15.9 Å². The predicted octanol–water partition coefficient (Wildman–Crippen LogP) is 2.14. The van der Waals surface area contributed by atoms with Crippen LogP contribution in [0.2, 0.25) is 0 Å². The Labute approximate surface area is 79.3 Å². The van der Waals surface area contributed by atoms with Gasteiger partial charge in [-0.15, -0.1) is 0 Å². The Kier molecular flexibility index (Phi) is 3.00. The number of halogens is 1. The Morgan fingerprint density at radius 3 is 2.67 bits per heavy atom. The summed E-state index contributed by atoms with van der Waals surface area (Å²) in [6.45, 7) is 1.51. The lowest BCUT2D eigenvalue weighted by Crippen LogP contribution is -1.94. The predicted molar refractivity (Wildman–Crippen MR) is 50.1 cm³/mol. The maximum absolute atomic E-state index is 11.0. The molecule has 0 radical (unpaired) electrons. The van der Waals surface area contributed by atoms with Crippen LogP contribution in [0.5, 0.6) is 0 Å².